The Bertz CT molecular complexity index is 1910. The molecule has 0 bridgehead atoms. The second-order valence-corrected chi connectivity index (χ2v) is 28.5. The summed E-state index contributed by atoms with van der Waals surface area (Å²) in [5.74, 6) is -0.659. The van der Waals surface area contributed by atoms with Crippen molar-refractivity contribution in [1.82, 2.24) is 0 Å². The zero-order valence-electron chi connectivity index (χ0n) is 36.2. The SMILES string of the molecule is CC1(C)CC(=CC=CC2=C(C#N)C(=C(C#N)C#N)OC2(C)C(F)(F)F)C=C(C=Cc2ccc(N(CCO[Si](C)(C)C(C)(C)C)CCO[Si](C)(C)C(C)(C)C)cc2)C1. The number of hydrogen-bond donors (Lipinski definition) is 0. The van der Waals surface area contributed by atoms with Gasteiger partial charge < -0.3 is 18.5 Å². The molecule has 0 N–H and O–H groups in total. The Balaban J connectivity index is 1.87. The molecule has 0 radical (unpaired) electrons. The molecule has 57 heavy (non-hydrogen) atoms. The molecule has 308 valence electrons. The van der Waals surface area contributed by atoms with E-state index in [9.17, 15) is 29.0 Å². The minimum atomic E-state index is -4.92. The molecule has 0 saturated heterocycles. The zero-order chi connectivity index (χ0) is 43.3. The topological polar surface area (TPSA) is 102 Å². The fraction of sp³-hybridized carbons (Fsp3) is 0.533. The van der Waals surface area contributed by atoms with Gasteiger partial charge in [0, 0.05) is 24.4 Å². The molecule has 0 aromatic heterocycles. The Morgan fingerprint density at radius 2 is 1.35 bits per heavy atom. The molecular formula is C45H61F3N4O3Si2. The van der Waals surface area contributed by atoms with Gasteiger partial charge in [-0.3, -0.25) is 0 Å². The van der Waals surface area contributed by atoms with Gasteiger partial charge in [0.15, 0.2) is 28.0 Å². The van der Waals surface area contributed by atoms with E-state index in [0.29, 0.717) is 19.6 Å². The zero-order valence-corrected chi connectivity index (χ0v) is 38.2. The van der Waals surface area contributed by atoms with Gasteiger partial charge in [-0.05, 0) is 90.3 Å². The highest BCUT2D eigenvalue weighted by molar-refractivity contribution is 6.74. The van der Waals surface area contributed by atoms with Gasteiger partial charge >= 0.3 is 6.18 Å². The van der Waals surface area contributed by atoms with Crippen molar-refractivity contribution in [2.75, 3.05) is 31.2 Å². The summed E-state index contributed by atoms with van der Waals surface area (Å²) in [4.78, 5) is 2.35. The normalized spacial score (nSPS) is 20.1. The Morgan fingerprint density at radius 1 is 0.825 bits per heavy atom. The molecule has 1 aliphatic heterocycles. The van der Waals surface area contributed by atoms with E-state index in [4.69, 9.17) is 13.6 Å². The first-order valence-corrected chi connectivity index (χ1v) is 25.3. The first kappa shape index (κ1) is 47.3. The van der Waals surface area contributed by atoms with Gasteiger partial charge in [0.25, 0.3) is 0 Å². The average Bonchev–Trinajstić information content (AvgIpc) is 3.37. The van der Waals surface area contributed by atoms with Gasteiger partial charge in [-0.25, -0.2) is 0 Å². The van der Waals surface area contributed by atoms with E-state index in [2.05, 4.69) is 123 Å². The quantitative estimate of drug-likeness (QED) is 0.144. The minimum Gasteiger partial charge on any atom is -0.470 e. The largest absolute Gasteiger partial charge is 0.470 e. The third kappa shape index (κ3) is 11.7. The number of halogens is 3. The van der Waals surface area contributed by atoms with Crippen LogP contribution in [-0.4, -0.2) is 54.7 Å². The highest BCUT2D eigenvalue weighted by Gasteiger charge is 2.60. The Labute approximate surface area is 341 Å². The molecule has 1 unspecified atom stereocenters. The maximum atomic E-state index is 14.3. The van der Waals surface area contributed by atoms with E-state index in [1.54, 1.807) is 12.1 Å². The lowest BCUT2D eigenvalue weighted by Crippen LogP contribution is -2.44. The summed E-state index contributed by atoms with van der Waals surface area (Å²) in [5, 5.41) is 28.6. The standard InChI is InChI=1S/C45H61F3N4O3Si2/c1-41(2,3)56(10,11)53-25-23-52(24-26-54-57(12,13)42(4,5)6)37-21-19-33(20-22-37)17-18-35-27-34(28-43(7,8)29-35)15-14-16-39-38(32-51)40(36(30-49)31-50)55-44(39,9)45(46,47)48/h14-22,27H,23-26,28-29H2,1-13H3. The predicted octanol–water partition coefficient (Wildman–Crippen LogP) is 12.3. The smallest absolute Gasteiger partial charge is 0.432 e. The highest BCUT2D eigenvalue weighted by Crippen LogP contribution is 2.49. The van der Waals surface area contributed by atoms with Crippen molar-refractivity contribution in [3.63, 3.8) is 0 Å². The second kappa shape index (κ2) is 17.8. The van der Waals surface area contributed by atoms with Crippen LogP contribution in [0.3, 0.4) is 0 Å². The summed E-state index contributed by atoms with van der Waals surface area (Å²) < 4.78 is 61.1. The summed E-state index contributed by atoms with van der Waals surface area (Å²) >= 11 is 0. The summed E-state index contributed by atoms with van der Waals surface area (Å²) in [6.45, 7) is 30.5. The number of nitrogens with zero attached hydrogens (tertiary/aromatic N) is 4. The van der Waals surface area contributed by atoms with Crippen molar-refractivity contribution in [3.8, 4) is 18.2 Å². The van der Waals surface area contributed by atoms with Gasteiger partial charge in [0.2, 0.25) is 5.60 Å². The van der Waals surface area contributed by atoms with Gasteiger partial charge in [-0.2, -0.15) is 29.0 Å². The number of allylic oxidation sites excluding steroid dienone is 8. The van der Waals surface area contributed by atoms with Gasteiger partial charge in [-0.15, -0.1) is 0 Å². The molecular weight excluding hydrogens is 758 g/mol. The lowest BCUT2D eigenvalue weighted by atomic mass is 9.75. The number of benzene rings is 1. The van der Waals surface area contributed by atoms with Crippen molar-refractivity contribution >= 4 is 28.4 Å². The highest BCUT2D eigenvalue weighted by atomic mass is 28.4. The molecule has 0 amide bonds. The van der Waals surface area contributed by atoms with E-state index in [1.807, 2.05) is 6.08 Å². The van der Waals surface area contributed by atoms with Crippen molar-refractivity contribution in [3.05, 3.63) is 93.8 Å². The molecule has 12 heteroatoms. The molecule has 1 heterocycles. The summed E-state index contributed by atoms with van der Waals surface area (Å²) in [6.07, 6.45) is 7.15. The molecule has 7 nitrogen and oxygen atoms in total. The first-order chi connectivity index (χ1) is 26.1. The number of nitriles is 3. The monoisotopic (exact) mass is 818 g/mol. The van der Waals surface area contributed by atoms with Crippen molar-refractivity contribution in [2.24, 2.45) is 5.41 Å². The summed E-state index contributed by atoms with van der Waals surface area (Å²) in [7, 11) is -3.81. The van der Waals surface area contributed by atoms with Gasteiger partial charge in [0.05, 0.1) is 13.2 Å². The van der Waals surface area contributed by atoms with Crippen LogP contribution >= 0.6 is 0 Å². The van der Waals surface area contributed by atoms with Crippen LogP contribution in [0.5, 0.6) is 0 Å². The van der Waals surface area contributed by atoms with Crippen LogP contribution in [0.25, 0.3) is 6.08 Å². The van der Waals surface area contributed by atoms with Crippen LogP contribution in [0, 0.1) is 39.4 Å². The van der Waals surface area contributed by atoms with Crippen LogP contribution in [0.15, 0.2) is 88.3 Å². The molecule has 0 spiro atoms. The van der Waals surface area contributed by atoms with Crippen LogP contribution in [0.4, 0.5) is 18.9 Å². The van der Waals surface area contributed by atoms with Crippen LogP contribution in [0.1, 0.15) is 80.7 Å². The average molecular weight is 819 g/mol. The number of rotatable bonds is 13. The third-order valence-corrected chi connectivity index (χ3v) is 20.8. The van der Waals surface area contributed by atoms with Crippen molar-refractivity contribution in [1.29, 1.82) is 15.8 Å². The Morgan fingerprint density at radius 3 is 1.81 bits per heavy atom. The van der Waals surface area contributed by atoms with E-state index in [0.717, 1.165) is 48.8 Å². The van der Waals surface area contributed by atoms with Crippen LogP contribution in [0.2, 0.25) is 36.3 Å². The summed E-state index contributed by atoms with van der Waals surface area (Å²) in [5.41, 5.74) is -0.545. The maximum Gasteiger partial charge on any atom is 0.432 e. The van der Waals surface area contributed by atoms with Gasteiger partial charge in [0.1, 0.15) is 23.8 Å². The minimum absolute atomic E-state index is 0.115. The lowest BCUT2D eigenvalue weighted by Gasteiger charge is -2.38. The second-order valence-electron chi connectivity index (χ2n) is 18.9. The van der Waals surface area contributed by atoms with E-state index >= 15 is 0 Å². The fourth-order valence-corrected chi connectivity index (χ4v) is 8.22. The molecule has 0 fully saturated rings. The lowest BCUT2D eigenvalue weighted by molar-refractivity contribution is -0.236. The molecule has 2 aliphatic rings. The predicted molar refractivity (Wildman–Crippen MR) is 229 cm³/mol. The van der Waals surface area contributed by atoms with Crippen molar-refractivity contribution < 1.29 is 26.8 Å². The molecule has 1 aromatic rings. The summed E-state index contributed by atoms with van der Waals surface area (Å²) in [6, 6.07) is 13.3. The molecule has 0 saturated carbocycles. The molecule has 3 rings (SSSR count). The first-order valence-electron chi connectivity index (χ1n) is 19.5. The number of alkyl halides is 3. The third-order valence-electron chi connectivity index (χ3n) is 11.7. The van der Waals surface area contributed by atoms with Crippen LogP contribution < -0.4 is 4.90 Å². The van der Waals surface area contributed by atoms with Gasteiger partial charge in [-0.1, -0.05) is 104 Å². The molecule has 1 aliphatic carbocycles. The molecule has 1 atom stereocenters. The van der Waals surface area contributed by atoms with E-state index < -0.39 is 50.9 Å². The van der Waals surface area contributed by atoms with E-state index in [1.165, 1.54) is 24.3 Å². The van der Waals surface area contributed by atoms with E-state index in [-0.39, 0.29) is 15.5 Å². The molecule has 1 aromatic carbocycles. The number of hydrogen-bond acceptors (Lipinski definition) is 7. The Kier molecular flexibility index (Phi) is 14.7. The number of ether oxygens (including phenoxy) is 1. The Hall–Kier alpha value is -4.13. The maximum absolute atomic E-state index is 14.3. The number of anilines is 1. The fourth-order valence-electron chi connectivity index (χ4n) is 6.15. The van der Waals surface area contributed by atoms with Crippen LogP contribution in [-0.2, 0) is 13.6 Å². The van der Waals surface area contributed by atoms with Crippen molar-refractivity contribution in [2.45, 2.75) is 123 Å².